The fourth-order valence-corrected chi connectivity index (χ4v) is 3.09. The molecule has 0 spiro atoms. The Morgan fingerprint density at radius 2 is 1.88 bits per heavy atom. The number of aliphatic hydroxyl groups is 1. The van der Waals surface area contributed by atoms with Gasteiger partial charge in [-0.15, -0.1) is 24.8 Å². The molecule has 1 amide bonds. The van der Waals surface area contributed by atoms with Gasteiger partial charge in [-0.25, -0.2) is 0 Å². The van der Waals surface area contributed by atoms with Crippen molar-refractivity contribution in [2.75, 3.05) is 36.4 Å². The first-order chi connectivity index (χ1) is 10.6. The summed E-state index contributed by atoms with van der Waals surface area (Å²) >= 11 is 0. The van der Waals surface area contributed by atoms with Gasteiger partial charge in [-0.2, -0.15) is 0 Å². The summed E-state index contributed by atoms with van der Waals surface area (Å²) in [6.45, 7) is 5.52. The molecular weight excluding hydrogens is 349 g/mol. The molecule has 2 saturated heterocycles. The molecule has 0 bridgehead atoms. The van der Waals surface area contributed by atoms with Crippen molar-refractivity contribution in [2.45, 2.75) is 25.9 Å². The predicted molar refractivity (Wildman–Crippen MR) is 103 cm³/mol. The van der Waals surface area contributed by atoms with E-state index in [1.165, 1.54) is 0 Å². The average Bonchev–Trinajstić information content (AvgIpc) is 2.47. The summed E-state index contributed by atoms with van der Waals surface area (Å²) < 4.78 is 0. The highest BCUT2D eigenvalue weighted by Gasteiger charge is 2.29. The lowest BCUT2D eigenvalue weighted by Gasteiger charge is -2.34. The standard InChI is InChI=1S/C17H25N3O2.2ClH/c1-12(13-10-18-11-13)17(22)19-15-4-2-3-5-16(15)20-8-6-14(21)7-9-20;;/h2-5,12-14,18,21H,6-11H2,1H3,(H,19,22);2*1H. The maximum atomic E-state index is 12.4. The van der Waals surface area contributed by atoms with Gasteiger partial charge >= 0.3 is 0 Å². The van der Waals surface area contributed by atoms with Crippen LogP contribution in [0.3, 0.4) is 0 Å². The second-order valence-corrected chi connectivity index (χ2v) is 6.43. The number of benzene rings is 1. The highest BCUT2D eigenvalue weighted by atomic mass is 35.5. The summed E-state index contributed by atoms with van der Waals surface area (Å²) in [4.78, 5) is 14.7. The number of carbonyl (C=O) groups is 1. The van der Waals surface area contributed by atoms with Crippen molar-refractivity contribution >= 4 is 42.1 Å². The van der Waals surface area contributed by atoms with E-state index in [4.69, 9.17) is 0 Å². The van der Waals surface area contributed by atoms with E-state index >= 15 is 0 Å². The van der Waals surface area contributed by atoms with Crippen LogP contribution >= 0.6 is 24.8 Å². The molecule has 2 fully saturated rings. The summed E-state index contributed by atoms with van der Waals surface area (Å²) in [7, 11) is 0. The van der Waals surface area contributed by atoms with E-state index in [2.05, 4.69) is 15.5 Å². The highest BCUT2D eigenvalue weighted by Crippen LogP contribution is 2.29. The van der Waals surface area contributed by atoms with Crippen LogP contribution < -0.4 is 15.5 Å². The first kappa shape index (κ1) is 21.0. The van der Waals surface area contributed by atoms with Crippen LogP contribution in [0.2, 0.25) is 0 Å². The Labute approximate surface area is 156 Å². The largest absolute Gasteiger partial charge is 0.393 e. The molecule has 5 nitrogen and oxygen atoms in total. The second kappa shape index (κ2) is 9.47. The number of anilines is 2. The van der Waals surface area contributed by atoms with Gasteiger partial charge in [0.15, 0.2) is 0 Å². The molecule has 7 heteroatoms. The zero-order valence-electron chi connectivity index (χ0n) is 13.9. The van der Waals surface area contributed by atoms with Gasteiger partial charge in [-0.05, 0) is 44.0 Å². The number of nitrogens with zero attached hydrogens (tertiary/aromatic N) is 1. The molecule has 2 aliphatic rings. The monoisotopic (exact) mass is 375 g/mol. The predicted octanol–water partition coefficient (Wildman–Crippen LogP) is 2.29. The third-order valence-corrected chi connectivity index (χ3v) is 4.90. The molecule has 1 unspecified atom stereocenters. The molecule has 0 aliphatic carbocycles. The van der Waals surface area contributed by atoms with Crippen LogP contribution in [0.5, 0.6) is 0 Å². The fraction of sp³-hybridized carbons (Fsp3) is 0.588. The Morgan fingerprint density at radius 1 is 1.25 bits per heavy atom. The third kappa shape index (κ3) is 4.76. The lowest BCUT2D eigenvalue weighted by Crippen LogP contribution is -2.48. The maximum absolute atomic E-state index is 12.4. The van der Waals surface area contributed by atoms with Crippen molar-refractivity contribution in [2.24, 2.45) is 11.8 Å². The van der Waals surface area contributed by atoms with Crippen LogP contribution in [0.15, 0.2) is 24.3 Å². The highest BCUT2D eigenvalue weighted by molar-refractivity contribution is 5.96. The number of piperidine rings is 1. The molecule has 0 aromatic heterocycles. The Balaban J connectivity index is 0.00000144. The van der Waals surface area contributed by atoms with Gasteiger partial charge in [-0.3, -0.25) is 4.79 Å². The molecule has 3 rings (SSSR count). The van der Waals surface area contributed by atoms with E-state index in [1.807, 2.05) is 31.2 Å². The van der Waals surface area contributed by atoms with Crippen molar-refractivity contribution in [3.05, 3.63) is 24.3 Å². The lowest BCUT2D eigenvalue weighted by molar-refractivity contribution is -0.121. The molecule has 3 N–H and O–H groups in total. The lowest BCUT2D eigenvalue weighted by atomic mass is 9.88. The van der Waals surface area contributed by atoms with Gasteiger partial charge < -0.3 is 20.6 Å². The molecule has 0 saturated carbocycles. The van der Waals surface area contributed by atoms with Crippen LogP contribution in [0.1, 0.15) is 19.8 Å². The van der Waals surface area contributed by atoms with Gasteiger partial charge in [0, 0.05) is 19.0 Å². The normalized spacial score (nSPS) is 19.5. The zero-order valence-corrected chi connectivity index (χ0v) is 15.5. The summed E-state index contributed by atoms with van der Waals surface area (Å²) in [6.07, 6.45) is 1.38. The van der Waals surface area contributed by atoms with E-state index in [0.717, 1.165) is 50.4 Å². The van der Waals surface area contributed by atoms with Gasteiger partial charge in [0.2, 0.25) is 5.91 Å². The van der Waals surface area contributed by atoms with E-state index in [-0.39, 0.29) is 42.7 Å². The molecule has 136 valence electrons. The number of para-hydroxylation sites is 2. The fourth-order valence-electron chi connectivity index (χ4n) is 3.09. The Kier molecular flexibility index (Phi) is 8.30. The SMILES string of the molecule is CC(C(=O)Nc1ccccc1N1CCC(O)CC1)C1CNC1.Cl.Cl. The molecule has 1 atom stereocenters. The van der Waals surface area contributed by atoms with Crippen LogP contribution in [-0.2, 0) is 4.79 Å². The molecule has 2 aliphatic heterocycles. The first-order valence-corrected chi connectivity index (χ1v) is 8.19. The van der Waals surface area contributed by atoms with Gasteiger partial charge in [0.05, 0.1) is 17.5 Å². The smallest absolute Gasteiger partial charge is 0.227 e. The number of halogens is 2. The van der Waals surface area contributed by atoms with Crippen molar-refractivity contribution in [1.82, 2.24) is 5.32 Å². The maximum Gasteiger partial charge on any atom is 0.227 e. The average molecular weight is 376 g/mol. The number of hydrogen-bond acceptors (Lipinski definition) is 4. The number of amides is 1. The molecular formula is C17H27Cl2N3O2. The van der Waals surface area contributed by atoms with E-state index in [1.54, 1.807) is 0 Å². The van der Waals surface area contributed by atoms with E-state index < -0.39 is 0 Å². The van der Waals surface area contributed by atoms with Gasteiger partial charge in [0.1, 0.15) is 0 Å². The zero-order chi connectivity index (χ0) is 15.5. The quantitative estimate of drug-likeness (QED) is 0.755. The van der Waals surface area contributed by atoms with Crippen LogP contribution in [0.25, 0.3) is 0 Å². The minimum Gasteiger partial charge on any atom is -0.393 e. The van der Waals surface area contributed by atoms with Crippen molar-refractivity contribution < 1.29 is 9.90 Å². The minimum absolute atomic E-state index is 0. The van der Waals surface area contributed by atoms with Gasteiger partial charge in [0.25, 0.3) is 0 Å². The Bertz CT molecular complexity index is 532. The summed E-state index contributed by atoms with van der Waals surface area (Å²) in [6, 6.07) is 7.95. The topological polar surface area (TPSA) is 64.6 Å². The summed E-state index contributed by atoms with van der Waals surface area (Å²) in [5.41, 5.74) is 1.93. The third-order valence-electron chi connectivity index (χ3n) is 4.90. The summed E-state index contributed by atoms with van der Waals surface area (Å²) in [5.74, 6) is 0.561. The van der Waals surface area contributed by atoms with Crippen LogP contribution in [-0.4, -0.2) is 43.3 Å². The first-order valence-electron chi connectivity index (χ1n) is 8.19. The molecule has 2 heterocycles. The molecule has 0 radical (unpaired) electrons. The van der Waals surface area contributed by atoms with E-state index in [0.29, 0.717) is 5.92 Å². The Hall–Kier alpha value is -1.01. The summed E-state index contributed by atoms with van der Waals surface area (Å²) in [5, 5.41) is 16.0. The van der Waals surface area contributed by atoms with Crippen LogP contribution in [0.4, 0.5) is 11.4 Å². The number of carbonyl (C=O) groups excluding carboxylic acids is 1. The van der Waals surface area contributed by atoms with Crippen molar-refractivity contribution in [3.63, 3.8) is 0 Å². The molecule has 1 aromatic rings. The van der Waals surface area contributed by atoms with Crippen molar-refractivity contribution in [1.29, 1.82) is 0 Å². The number of rotatable bonds is 4. The van der Waals surface area contributed by atoms with Crippen LogP contribution in [0, 0.1) is 11.8 Å². The van der Waals surface area contributed by atoms with Gasteiger partial charge in [-0.1, -0.05) is 19.1 Å². The minimum atomic E-state index is -0.191. The molecule has 1 aromatic carbocycles. The van der Waals surface area contributed by atoms with E-state index in [9.17, 15) is 9.90 Å². The molecule has 24 heavy (non-hydrogen) atoms. The Morgan fingerprint density at radius 3 is 2.46 bits per heavy atom. The van der Waals surface area contributed by atoms with Crippen molar-refractivity contribution in [3.8, 4) is 0 Å². The number of hydrogen-bond donors (Lipinski definition) is 3. The number of nitrogens with one attached hydrogen (secondary N) is 2. The number of aliphatic hydroxyl groups excluding tert-OH is 1. The second-order valence-electron chi connectivity index (χ2n) is 6.43.